The first-order chi connectivity index (χ1) is 7.70. The molecule has 0 saturated heterocycles. The van der Waals surface area contributed by atoms with Crippen molar-refractivity contribution in [3.8, 4) is 11.3 Å². The van der Waals surface area contributed by atoms with E-state index in [-0.39, 0.29) is 5.82 Å². The maximum absolute atomic E-state index is 13.0. The molecule has 2 N–H and O–H groups in total. The van der Waals surface area contributed by atoms with Gasteiger partial charge in [-0.15, -0.1) is 0 Å². The Morgan fingerprint density at radius 3 is 2.75 bits per heavy atom. The van der Waals surface area contributed by atoms with Crippen molar-refractivity contribution >= 4 is 11.6 Å². The fraction of sp³-hybridized carbons (Fsp3) is 0.0833. The summed E-state index contributed by atoms with van der Waals surface area (Å²) in [5.41, 5.74) is 7.55. The highest BCUT2D eigenvalue weighted by Crippen LogP contribution is 2.26. The van der Waals surface area contributed by atoms with Crippen LogP contribution in [0.15, 0.2) is 36.5 Å². The molecule has 0 aliphatic heterocycles. The summed E-state index contributed by atoms with van der Waals surface area (Å²) in [5.74, 6) is -0.307. The number of aromatic nitrogens is 1. The van der Waals surface area contributed by atoms with Crippen LogP contribution in [0.25, 0.3) is 11.3 Å². The lowest BCUT2D eigenvalue weighted by Crippen LogP contribution is -1.97. The van der Waals surface area contributed by atoms with Gasteiger partial charge in [0.05, 0.1) is 10.7 Å². The number of nitrogens with zero attached hydrogens (tertiary/aromatic N) is 1. The number of rotatable bonds is 2. The van der Waals surface area contributed by atoms with Crippen molar-refractivity contribution in [3.05, 3.63) is 52.9 Å². The summed E-state index contributed by atoms with van der Waals surface area (Å²) in [6.45, 7) is 0.385. The van der Waals surface area contributed by atoms with E-state index in [2.05, 4.69) is 4.98 Å². The van der Waals surface area contributed by atoms with Gasteiger partial charge in [-0.3, -0.25) is 4.98 Å². The molecule has 0 atom stereocenters. The normalized spacial score (nSPS) is 10.4. The van der Waals surface area contributed by atoms with Crippen molar-refractivity contribution in [2.24, 2.45) is 5.73 Å². The smallest absolute Gasteiger partial charge is 0.123 e. The Morgan fingerprint density at radius 2 is 2.12 bits per heavy atom. The molecule has 0 aliphatic carbocycles. The Kier molecular flexibility index (Phi) is 3.17. The number of hydrogen-bond donors (Lipinski definition) is 1. The second-order valence-corrected chi connectivity index (χ2v) is 3.80. The van der Waals surface area contributed by atoms with Crippen LogP contribution in [-0.4, -0.2) is 4.98 Å². The van der Waals surface area contributed by atoms with E-state index in [4.69, 9.17) is 17.3 Å². The summed E-state index contributed by atoms with van der Waals surface area (Å²) >= 11 is 6.05. The zero-order valence-electron chi connectivity index (χ0n) is 8.45. The van der Waals surface area contributed by atoms with Gasteiger partial charge in [-0.25, -0.2) is 4.39 Å². The Morgan fingerprint density at radius 1 is 1.31 bits per heavy atom. The minimum atomic E-state index is -0.307. The van der Waals surface area contributed by atoms with Gasteiger partial charge < -0.3 is 5.73 Å². The zero-order valence-corrected chi connectivity index (χ0v) is 9.21. The molecule has 4 heteroatoms. The monoisotopic (exact) mass is 236 g/mol. The second-order valence-electron chi connectivity index (χ2n) is 3.39. The van der Waals surface area contributed by atoms with Crippen molar-refractivity contribution in [2.75, 3.05) is 0 Å². The van der Waals surface area contributed by atoms with Crippen LogP contribution < -0.4 is 5.73 Å². The molecule has 2 nitrogen and oxygen atoms in total. The van der Waals surface area contributed by atoms with E-state index in [1.54, 1.807) is 24.4 Å². The van der Waals surface area contributed by atoms with E-state index >= 15 is 0 Å². The Hall–Kier alpha value is -1.45. The van der Waals surface area contributed by atoms with Gasteiger partial charge in [0, 0.05) is 18.3 Å². The maximum atomic E-state index is 13.0. The van der Waals surface area contributed by atoms with Gasteiger partial charge in [-0.2, -0.15) is 0 Å². The highest BCUT2D eigenvalue weighted by atomic mass is 35.5. The Bertz CT molecular complexity index is 514. The number of hydrogen-bond acceptors (Lipinski definition) is 2. The molecule has 16 heavy (non-hydrogen) atoms. The number of pyridine rings is 1. The van der Waals surface area contributed by atoms with Gasteiger partial charge >= 0.3 is 0 Å². The van der Waals surface area contributed by atoms with E-state index in [1.807, 2.05) is 0 Å². The van der Waals surface area contributed by atoms with E-state index in [0.717, 1.165) is 5.56 Å². The molecule has 1 aromatic carbocycles. The lowest BCUT2D eigenvalue weighted by molar-refractivity contribution is 0.628. The molecule has 0 saturated carbocycles. The average molecular weight is 237 g/mol. The summed E-state index contributed by atoms with van der Waals surface area (Å²) in [6.07, 6.45) is 1.64. The van der Waals surface area contributed by atoms with Gasteiger partial charge in [-0.05, 0) is 23.8 Å². The Labute approximate surface area is 97.9 Å². The molecular formula is C12H10ClFN2. The molecular weight excluding hydrogens is 227 g/mol. The Balaban J connectivity index is 2.48. The number of nitrogens with two attached hydrogens (primary N) is 1. The number of benzene rings is 1. The van der Waals surface area contributed by atoms with Gasteiger partial charge in [0.1, 0.15) is 5.82 Å². The molecule has 0 radical (unpaired) electrons. The lowest BCUT2D eigenvalue weighted by atomic mass is 10.1. The van der Waals surface area contributed by atoms with Gasteiger partial charge in [0.15, 0.2) is 0 Å². The van der Waals surface area contributed by atoms with Crippen LogP contribution in [0.2, 0.25) is 5.02 Å². The molecule has 0 unspecified atom stereocenters. The van der Waals surface area contributed by atoms with Crippen molar-refractivity contribution in [2.45, 2.75) is 6.54 Å². The molecule has 2 aromatic rings. The van der Waals surface area contributed by atoms with Crippen LogP contribution in [-0.2, 0) is 6.54 Å². The lowest BCUT2D eigenvalue weighted by Gasteiger charge is -2.05. The van der Waals surface area contributed by atoms with Gasteiger partial charge in [0.2, 0.25) is 0 Å². The van der Waals surface area contributed by atoms with Crippen molar-refractivity contribution in [1.29, 1.82) is 0 Å². The first-order valence-electron chi connectivity index (χ1n) is 4.81. The zero-order chi connectivity index (χ0) is 11.5. The molecule has 0 bridgehead atoms. The van der Waals surface area contributed by atoms with Crippen molar-refractivity contribution < 1.29 is 4.39 Å². The van der Waals surface area contributed by atoms with E-state index in [9.17, 15) is 4.39 Å². The fourth-order valence-corrected chi connectivity index (χ4v) is 1.74. The van der Waals surface area contributed by atoms with Crippen LogP contribution >= 0.6 is 11.6 Å². The predicted molar refractivity (Wildman–Crippen MR) is 62.5 cm³/mol. The van der Waals surface area contributed by atoms with E-state index < -0.39 is 0 Å². The third-order valence-electron chi connectivity index (χ3n) is 2.23. The molecule has 82 valence electrons. The van der Waals surface area contributed by atoms with Crippen LogP contribution in [0.3, 0.4) is 0 Å². The summed E-state index contributed by atoms with van der Waals surface area (Å²) in [5, 5.41) is 0.480. The fourth-order valence-electron chi connectivity index (χ4n) is 1.44. The first-order valence-corrected chi connectivity index (χ1v) is 5.19. The minimum Gasteiger partial charge on any atom is -0.326 e. The summed E-state index contributed by atoms with van der Waals surface area (Å²) in [6, 6.07) is 7.91. The quantitative estimate of drug-likeness (QED) is 0.871. The third-order valence-corrected chi connectivity index (χ3v) is 2.52. The summed E-state index contributed by atoms with van der Waals surface area (Å²) in [7, 11) is 0. The van der Waals surface area contributed by atoms with Crippen molar-refractivity contribution in [1.82, 2.24) is 4.98 Å². The van der Waals surface area contributed by atoms with Gasteiger partial charge in [0.25, 0.3) is 0 Å². The highest BCUT2D eigenvalue weighted by Gasteiger charge is 2.06. The highest BCUT2D eigenvalue weighted by molar-refractivity contribution is 6.33. The van der Waals surface area contributed by atoms with Gasteiger partial charge in [-0.1, -0.05) is 23.7 Å². The largest absolute Gasteiger partial charge is 0.326 e. The summed E-state index contributed by atoms with van der Waals surface area (Å²) in [4.78, 5) is 4.18. The first kappa shape index (κ1) is 11.0. The SMILES string of the molecule is NCc1cnc(-c2cccc(F)c2)c(Cl)c1. The molecule has 1 aromatic heterocycles. The molecule has 2 rings (SSSR count). The van der Waals surface area contributed by atoms with Crippen LogP contribution in [0.5, 0.6) is 0 Å². The van der Waals surface area contributed by atoms with Crippen LogP contribution in [0.4, 0.5) is 4.39 Å². The standard InChI is InChI=1S/C12H10ClFN2/c13-11-4-8(6-15)7-16-12(11)9-2-1-3-10(14)5-9/h1-5,7H,6,15H2. The third kappa shape index (κ3) is 2.21. The van der Waals surface area contributed by atoms with E-state index in [0.29, 0.717) is 22.8 Å². The molecule has 0 aliphatic rings. The number of halogens is 2. The van der Waals surface area contributed by atoms with Crippen molar-refractivity contribution in [3.63, 3.8) is 0 Å². The molecule has 0 amide bonds. The molecule has 1 heterocycles. The summed E-state index contributed by atoms with van der Waals surface area (Å²) < 4.78 is 13.0. The average Bonchev–Trinajstić information content (AvgIpc) is 2.28. The predicted octanol–water partition coefficient (Wildman–Crippen LogP) is 3.00. The van der Waals surface area contributed by atoms with Crippen LogP contribution in [0, 0.1) is 5.82 Å². The van der Waals surface area contributed by atoms with Crippen LogP contribution in [0.1, 0.15) is 5.56 Å². The molecule has 0 fully saturated rings. The maximum Gasteiger partial charge on any atom is 0.123 e. The van der Waals surface area contributed by atoms with E-state index in [1.165, 1.54) is 12.1 Å². The topological polar surface area (TPSA) is 38.9 Å². The molecule has 0 spiro atoms. The second kappa shape index (κ2) is 4.60. The minimum absolute atomic E-state index is 0.307.